The molecular formula is C14H12N6O. The van der Waals surface area contributed by atoms with Crippen molar-refractivity contribution < 1.29 is 4.74 Å². The van der Waals surface area contributed by atoms with Gasteiger partial charge >= 0.3 is 0 Å². The lowest BCUT2D eigenvalue weighted by atomic mass is 10.2. The molecule has 0 aliphatic heterocycles. The summed E-state index contributed by atoms with van der Waals surface area (Å²) in [5, 5.41) is 5.14. The number of fused-ring (bicyclic) bond motifs is 2. The summed E-state index contributed by atoms with van der Waals surface area (Å²) in [6.45, 7) is 0. The number of nitrogens with zero attached hydrogens (tertiary/aromatic N) is 4. The largest absolute Gasteiger partial charge is 0.495 e. The Balaban J connectivity index is 2.01. The number of hydrogen-bond acceptors (Lipinski definition) is 5. The third-order valence-corrected chi connectivity index (χ3v) is 3.46. The number of hydrogen-bond donors (Lipinski definition) is 2. The Morgan fingerprint density at radius 2 is 2.19 bits per heavy atom. The van der Waals surface area contributed by atoms with Gasteiger partial charge in [-0.15, -0.1) is 0 Å². The first-order valence-electron chi connectivity index (χ1n) is 6.38. The highest BCUT2D eigenvalue weighted by Gasteiger charge is 2.14. The smallest absolute Gasteiger partial charge is 0.153 e. The number of ether oxygens (including phenoxy) is 1. The number of para-hydroxylation sites is 1. The van der Waals surface area contributed by atoms with E-state index < -0.39 is 0 Å². The molecule has 7 heteroatoms. The monoisotopic (exact) mass is 280 g/mol. The van der Waals surface area contributed by atoms with Crippen LogP contribution in [0.25, 0.3) is 27.8 Å². The minimum Gasteiger partial charge on any atom is -0.495 e. The van der Waals surface area contributed by atoms with Crippen LogP contribution in [0.1, 0.15) is 0 Å². The van der Waals surface area contributed by atoms with Gasteiger partial charge in [-0.3, -0.25) is 0 Å². The van der Waals surface area contributed by atoms with Gasteiger partial charge in [0.2, 0.25) is 0 Å². The second-order valence-corrected chi connectivity index (χ2v) is 4.64. The van der Waals surface area contributed by atoms with Crippen LogP contribution in [-0.4, -0.2) is 31.7 Å². The van der Waals surface area contributed by atoms with E-state index in [-0.39, 0.29) is 0 Å². The Labute approximate surface area is 119 Å². The average Bonchev–Trinajstić information content (AvgIpc) is 3.10. The molecule has 0 amide bonds. The fourth-order valence-electron chi connectivity index (χ4n) is 2.49. The third-order valence-electron chi connectivity index (χ3n) is 3.46. The van der Waals surface area contributed by atoms with Gasteiger partial charge in [-0.1, -0.05) is 12.1 Å². The van der Waals surface area contributed by atoms with E-state index in [1.807, 2.05) is 24.3 Å². The quantitative estimate of drug-likeness (QED) is 0.584. The fourth-order valence-corrected chi connectivity index (χ4v) is 2.49. The van der Waals surface area contributed by atoms with E-state index in [1.165, 1.54) is 6.33 Å². The zero-order valence-corrected chi connectivity index (χ0v) is 11.2. The van der Waals surface area contributed by atoms with Gasteiger partial charge < -0.3 is 15.5 Å². The van der Waals surface area contributed by atoms with E-state index in [0.717, 1.165) is 22.3 Å². The molecule has 0 radical (unpaired) electrons. The molecule has 1 aromatic carbocycles. The third kappa shape index (κ3) is 1.64. The van der Waals surface area contributed by atoms with Crippen molar-refractivity contribution in [2.24, 2.45) is 0 Å². The van der Waals surface area contributed by atoms with Crippen LogP contribution in [0.5, 0.6) is 5.75 Å². The van der Waals surface area contributed by atoms with E-state index in [9.17, 15) is 0 Å². The van der Waals surface area contributed by atoms with Gasteiger partial charge in [0.1, 0.15) is 29.6 Å². The van der Waals surface area contributed by atoms with Crippen molar-refractivity contribution in [2.75, 3.05) is 12.8 Å². The molecule has 0 unspecified atom stereocenters. The molecule has 0 atom stereocenters. The van der Waals surface area contributed by atoms with Gasteiger partial charge in [0.15, 0.2) is 5.82 Å². The Kier molecular flexibility index (Phi) is 2.34. The van der Waals surface area contributed by atoms with Gasteiger partial charge in [-0.05, 0) is 12.1 Å². The van der Waals surface area contributed by atoms with Gasteiger partial charge in [0.25, 0.3) is 0 Å². The maximum atomic E-state index is 5.94. The van der Waals surface area contributed by atoms with E-state index in [2.05, 4.69) is 20.1 Å². The van der Waals surface area contributed by atoms with Crippen LogP contribution in [0.15, 0.2) is 36.9 Å². The van der Waals surface area contributed by atoms with E-state index >= 15 is 0 Å². The van der Waals surface area contributed by atoms with Gasteiger partial charge in [0, 0.05) is 5.39 Å². The van der Waals surface area contributed by atoms with Crippen molar-refractivity contribution in [3.05, 3.63) is 36.9 Å². The fraction of sp³-hybridized carbons (Fsp3) is 0.0714. The van der Waals surface area contributed by atoms with Crippen molar-refractivity contribution >= 4 is 22.2 Å². The van der Waals surface area contributed by atoms with Crippen LogP contribution in [0.3, 0.4) is 0 Å². The van der Waals surface area contributed by atoms with Crippen molar-refractivity contribution in [1.29, 1.82) is 0 Å². The molecule has 4 rings (SSSR count). The Bertz CT molecular complexity index is 955. The molecule has 0 saturated heterocycles. The summed E-state index contributed by atoms with van der Waals surface area (Å²) in [5.41, 5.74) is 9.10. The number of aromatic nitrogens is 5. The lowest BCUT2D eigenvalue weighted by molar-refractivity contribution is 0.419. The van der Waals surface area contributed by atoms with E-state index in [4.69, 9.17) is 10.5 Å². The molecule has 0 bridgehead atoms. The Morgan fingerprint density at radius 3 is 3.05 bits per heavy atom. The predicted molar refractivity (Wildman–Crippen MR) is 79.0 cm³/mol. The average molecular weight is 280 g/mol. The molecule has 21 heavy (non-hydrogen) atoms. The summed E-state index contributed by atoms with van der Waals surface area (Å²) in [5.74, 6) is 1.18. The summed E-state index contributed by atoms with van der Waals surface area (Å²) in [6.07, 6.45) is 3.02. The molecule has 0 spiro atoms. The molecule has 7 nitrogen and oxygen atoms in total. The molecule has 3 N–H and O–H groups in total. The van der Waals surface area contributed by atoms with E-state index in [1.54, 1.807) is 18.0 Å². The van der Waals surface area contributed by atoms with Crippen LogP contribution in [0.2, 0.25) is 0 Å². The van der Waals surface area contributed by atoms with E-state index in [0.29, 0.717) is 17.0 Å². The lowest BCUT2D eigenvalue weighted by Gasteiger charge is -2.00. The number of nitrogens with two attached hydrogens (primary N) is 1. The highest BCUT2D eigenvalue weighted by atomic mass is 16.5. The van der Waals surface area contributed by atoms with Crippen LogP contribution >= 0.6 is 0 Å². The molecule has 4 aromatic rings. The molecule has 0 fully saturated rings. The molecule has 0 saturated carbocycles. The first kappa shape index (κ1) is 11.7. The number of rotatable bonds is 2. The van der Waals surface area contributed by atoms with Gasteiger partial charge in [-0.2, -0.15) is 5.10 Å². The number of benzene rings is 1. The number of nitrogen functional groups attached to an aromatic ring is 1. The van der Waals surface area contributed by atoms with Gasteiger partial charge in [-0.25, -0.2) is 14.5 Å². The topological polar surface area (TPSA) is 94.1 Å². The molecule has 3 heterocycles. The molecule has 3 aromatic heterocycles. The highest BCUT2D eigenvalue weighted by Crippen LogP contribution is 2.31. The second kappa shape index (κ2) is 4.20. The maximum absolute atomic E-state index is 5.94. The lowest BCUT2D eigenvalue weighted by Crippen LogP contribution is -1.98. The minimum absolute atomic E-state index is 0.392. The highest BCUT2D eigenvalue weighted by molar-refractivity contribution is 5.93. The number of anilines is 1. The van der Waals surface area contributed by atoms with Crippen molar-refractivity contribution in [3.8, 4) is 17.1 Å². The second-order valence-electron chi connectivity index (χ2n) is 4.64. The molecular weight excluding hydrogens is 268 g/mol. The van der Waals surface area contributed by atoms with Crippen molar-refractivity contribution in [2.45, 2.75) is 0 Å². The first-order valence-corrected chi connectivity index (χ1v) is 6.38. The van der Waals surface area contributed by atoms with Crippen LogP contribution in [-0.2, 0) is 0 Å². The first-order chi connectivity index (χ1) is 10.3. The Hall–Kier alpha value is -3.09. The number of imidazole rings is 1. The van der Waals surface area contributed by atoms with Crippen LogP contribution < -0.4 is 10.5 Å². The molecule has 0 aliphatic rings. The summed E-state index contributed by atoms with van der Waals surface area (Å²) in [4.78, 5) is 11.7. The van der Waals surface area contributed by atoms with Gasteiger partial charge in [0.05, 0.1) is 18.3 Å². The number of H-pyrrole nitrogens is 1. The normalized spacial score (nSPS) is 11.3. The Morgan fingerprint density at radius 1 is 1.29 bits per heavy atom. The maximum Gasteiger partial charge on any atom is 0.153 e. The summed E-state index contributed by atoms with van der Waals surface area (Å²) in [7, 11) is 1.65. The molecule has 0 aliphatic carbocycles. The minimum atomic E-state index is 0.392. The summed E-state index contributed by atoms with van der Waals surface area (Å²) >= 11 is 0. The summed E-state index contributed by atoms with van der Waals surface area (Å²) < 4.78 is 6.97. The zero-order chi connectivity index (χ0) is 14.4. The zero-order valence-electron chi connectivity index (χ0n) is 11.2. The van der Waals surface area contributed by atoms with Crippen LogP contribution in [0.4, 0.5) is 5.82 Å². The number of aromatic amines is 1. The predicted octanol–water partition coefficient (Wildman–Crippen LogP) is 1.86. The standard InChI is InChI=1S/C14H12N6O/c1-21-10-4-2-3-8-5-9(19-11(8)10)12-13-14(15)16-6-18-20(13)7-17-12/h2-7,19H,1H3,(H2,15,16,18). The molecule has 104 valence electrons. The SMILES string of the molecule is COc1cccc2cc(-c3ncn4ncnc(N)c34)[nH]c12. The van der Waals surface area contributed by atoms with Crippen LogP contribution in [0, 0.1) is 0 Å². The number of nitrogens with one attached hydrogen (secondary N) is 1. The number of methoxy groups -OCH3 is 1. The van der Waals surface area contributed by atoms with Crippen molar-refractivity contribution in [1.82, 2.24) is 24.6 Å². The van der Waals surface area contributed by atoms with Crippen molar-refractivity contribution in [3.63, 3.8) is 0 Å². The summed E-state index contributed by atoms with van der Waals surface area (Å²) in [6, 6.07) is 7.87.